The summed E-state index contributed by atoms with van der Waals surface area (Å²) in [5.41, 5.74) is 1.46. The van der Waals surface area contributed by atoms with Crippen molar-refractivity contribution in [3.05, 3.63) is 60.2 Å². The standard InChI is InChI=1S/C22H30N3O3/c1-2-3-4-5-6-7-13-22(26)20-11-10-14-24(17-20)18-28-19-25-15-9-8-12-21(25)16-23-27/h8-12,14-17H,2-7,13,18-19H2,1H3/q+1/p+1. The summed E-state index contributed by atoms with van der Waals surface area (Å²) in [5, 5.41) is 11.8. The van der Waals surface area contributed by atoms with Crippen LogP contribution in [0, 0.1) is 0 Å². The van der Waals surface area contributed by atoms with E-state index in [9.17, 15) is 4.79 Å². The molecule has 0 aliphatic heterocycles. The zero-order valence-electron chi connectivity index (χ0n) is 16.7. The van der Waals surface area contributed by atoms with E-state index in [1.54, 1.807) is 0 Å². The van der Waals surface area contributed by atoms with Gasteiger partial charge in [-0.25, -0.2) is 0 Å². The number of rotatable bonds is 13. The third-order valence-corrected chi connectivity index (χ3v) is 4.57. The molecule has 0 aliphatic carbocycles. The first kappa shape index (κ1) is 21.7. The van der Waals surface area contributed by atoms with Gasteiger partial charge in [-0.15, -0.1) is 0 Å². The number of ether oxygens (including phenoxy) is 1. The minimum atomic E-state index is 0.184. The van der Waals surface area contributed by atoms with Gasteiger partial charge in [-0.05, 0) is 18.6 Å². The van der Waals surface area contributed by atoms with E-state index >= 15 is 0 Å². The van der Waals surface area contributed by atoms with Crippen LogP contribution >= 0.6 is 0 Å². The quantitative estimate of drug-likeness (QED) is 0.143. The van der Waals surface area contributed by atoms with Crippen LogP contribution in [0.3, 0.4) is 0 Å². The third kappa shape index (κ3) is 7.56. The van der Waals surface area contributed by atoms with Crippen molar-refractivity contribution in [3.8, 4) is 0 Å². The van der Waals surface area contributed by atoms with Crippen molar-refractivity contribution < 1.29 is 23.9 Å². The largest absolute Gasteiger partial charge is 0.411 e. The Hall–Kier alpha value is -2.60. The number of Topliss-reactive ketones (excluding diaryl/α,β-unsaturated/α-hetero) is 1. The Labute approximate surface area is 167 Å². The van der Waals surface area contributed by atoms with Crippen LogP contribution in [0.1, 0.15) is 67.9 Å². The van der Waals surface area contributed by atoms with Gasteiger partial charge in [0.15, 0.2) is 24.4 Å². The summed E-state index contributed by atoms with van der Waals surface area (Å²) >= 11 is 0. The highest BCUT2D eigenvalue weighted by Gasteiger charge is 2.12. The molecule has 150 valence electrons. The molecular formula is C22H31N3O3+2. The zero-order valence-corrected chi connectivity index (χ0v) is 16.7. The number of carbonyl (C=O) groups excluding carboxylic acids is 1. The number of ketones is 1. The molecule has 0 atom stereocenters. The molecule has 0 spiro atoms. The van der Waals surface area contributed by atoms with E-state index in [1.165, 1.54) is 31.9 Å². The van der Waals surface area contributed by atoms with Gasteiger partial charge in [0.25, 0.3) is 13.5 Å². The molecule has 0 aromatic carbocycles. The van der Waals surface area contributed by atoms with E-state index in [0.717, 1.165) is 24.1 Å². The first-order chi connectivity index (χ1) is 13.7. The summed E-state index contributed by atoms with van der Waals surface area (Å²) in [6.45, 7) is 2.85. The molecule has 6 nitrogen and oxygen atoms in total. The van der Waals surface area contributed by atoms with Crippen molar-refractivity contribution in [2.24, 2.45) is 5.16 Å². The summed E-state index contributed by atoms with van der Waals surface area (Å²) in [4.78, 5) is 12.4. The van der Waals surface area contributed by atoms with Crippen molar-refractivity contribution in [1.82, 2.24) is 0 Å². The van der Waals surface area contributed by atoms with Crippen molar-refractivity contribution in [1.29, 1.82) is 0 Å². The second kappa shape index (κ2) is 12.7. The van der Waals surface area contributed by atoms with Crippen molar-refractivity contribution in [2.75, 3.05) is 0 Å². The molecule has 6 heteroatoms. The minimum Gasteiger partial charge on any atom is -0.411 e. The molecule has 0 saturated heterocycles. The molecule has 2 aromatic heterocycles. The monoisotopic (exact) mass is 385 g/mol. The fraction of sp³-hybridized carbons (Fsp3) is 0.455. The number of hydrogen-bond acceptors (Lipinski definition) is 4. The summed E-state index contributed by atoms with van der Waals surface area (Å²) in [6.07, 6.45) is 14.6. The first-order valence-electron chi connectivity index (χ1n) is 10.0. The SMILES string of the molecule is CCCCCCCCC(=O)c1ccc[n+](COC[n+]2ccccc2/C=N/O)c1. The number of carbonyl (C=O) groups is 1. The molecule has 2 aromatic rings. The molecule has 0 unspecified atom stereocenters. The van der Waals surface area contributed by atoms with Crippen LogP contribution in [0.25, 0.3) is 0 Å². The Morgan fingerprint density at radius 2 is 1.89 bits per heavy atom. The van der Waals surface area contributed by atoms with Crippen LogP contribution in [0.4, 0.5) is 0 Å². The molecule has 0 saturated carbocycles. The van der Waals surface area contributed by atoms with Crippen molar-refractivity contribution in [2.45, 2.75) is 65.3 Å². The fourth-order valence-electron chi connectivity index (χ4n) is 3.01. The highest BCUT2D eigenvalue weighted by atomic mass is 16.5. The summed E-state index contributed by atoms with van der Waals surface area (Å²) in [6, 6.07) is 9.31. The number of hydrogen-bond donors (Lipinski definition) is 1. The van der Waals surface area contributed by atoms with E-state index < -0.39 is 0 Å². The Balaban J connectivity index is 1.80. The lowest BCUT2D eigenvalue weighted by Crippen LogP contribution is -2.43. The molecule has 0 amide bonds. The highest BCUT2D eigenvalue weighted by molar-refractivity contribution is 5.95. The van der Waals surface area contributed by atoms with Gasteiger partial charge in [0, 0.05) is 24.6 Å². The minimum absolute atomic E-state index is 0.184. The lowest BCUT2D eigenvalue weighted by atomic mass is 10.0. The maximum absolute atomic E-state index is 12.4. The zero-order chi connectivity index (χ0) is 20.0. The van der Waals surface area contributed by atoms with Gasteiger partial charge < -0.3 is 5.21 Å². The van der Waals surface area contributed by atoms with Crippen molar-refractivity contribution >= 4 is 12.0 Å². The fourth-order valence-corrected chi connectivity index (χ4v) is 3.01. The summed E-state index contributed by atoms with van der Waals surface area (Å²) in [5.74, 6) is 0.184. The van der Waals surface area contributed by atoms with Gasteiger partial charge in [0.05, 0.1) is 5.56 Å². The normalized spacial score (nSPS) is 11.2. The smallest absolute Gasteiger partial charge is 0.258 e. The maximum Gasteiger partial charge on any atom is 0.258 e. The van der Waals surface area contributed by atoms with Crippen LogP contribution in [-0.2, 0) is 18.2 Å². The topological polar surface area (TPSA) is 66.7 Å². The first-order valence-corrected chi connectivity index (χ1v) is 10.0. The van der Waals surface area contributed by atoms with E-state index in [2.05, 4.69) is 12.1 Å². The maximum atomic E-state index is 12.4. The average Bonchev–Trinajstić information content (AvgIpc) is 2.72. The third-order valence-electron chi connectivity index (χ3n) is 4.57. The molecule has 28 heavy (non-hydrogen) atoms. The molecule has 0 bridgehead atoms. The molecule has 0 aliphatic rings. The number of pyridine rings is 2. The Bertz CT molecular complexity index is 762. The van der Waals surface area contributed by atoms with Crippen LogP contribution < -0.4 is 9.13 Å². The molecule has 2 rings (SSSR count). The molecule has 2 heterocycles. The van der Waals surface area contributed by atoms with Crippen LogP contribution in [0.2, 0.25) is 0 Å². The number of nitrogens with zero attached hydrogens (tertiary/aromatic N) is 3. The molecule has 0 radical (unpaired) electrons. The van der Waals surface area contributed by atoms with Gasteiger partial charge in [0.2, 0.25) is 5.69 Å². The average molecular weight is 386 g/mol. The van der Waals surface area contributed by atoms with Gasteiger partial charge in [-0.3, -0.25) is 9.53 Å². The Morgan fingerprint density at radius 1 is 1.07 bits per heavy atom. The second-order valence-corrected chi connectivity index (χ2v) is 6.85. The summed E-state index contributed by atoms with van der Waals surface area (Å²) in [7, 11) is 0. The molecule has 0 fully saturated rings. The number of unbranched alkanes of at least 4 members (excludes halogenated alkanes) is 5. The molecular weight excluding hydrogens is 354 g/mol. The molecule has 1 N–H and O–H groups in total. The van der Waals surface area contributed by atoms with Crippen LogP contribution in [0.15, 0.2) is 54.1 Å². The predicted octanol–water partition coefficient (Wildman–Crippen LogP) is 3.63. The van der Waals surface area contributed by atoms with Crippen LogP contribution in [0.5, 0.6) is 0 Å². The van der Waals surface area contributed by atoms with Gasteiger partial charge in [-0.2, -0.15) is 9.13 Å². The Kier molecular flexibility index (Phi) is 9.86. The number of aromatic nitrogens is 2. The van der Waals surface area contributed by atoms with E-state index in [1.807, 2.05) is 58.1 Å². The lowest BCUT2D eigenvalue weighted by Gasteiger charge is -2.03. The van der Waals surface area contributed by atoms with Crippen molar-refractivity contribution in [3.63, 3.8) is 0 Å². The Morgan fingerprint density at radius 3 is 2.71 bits per heavy atom. The highest BCUT2D eigenvalue weighted by Crippen LogP contribution is 2.10. The van der Waals surface area contributed by atoms with Gasteiger partial charge in [-0.1, -0.05) is 44.2 Å². The lowest BCUT2D eigenvalue weighted by molar-refractivity contribution is -0.788. The number of oxime groups is 1. The van der Waals surface area contributed by atoms with E-state index in [-0.39, 0.29) is 5.78 Å². The van der Waals surface area contributed by atoms with E-state index in [0.29, 0.717) is 19.9 Å². The van der Waals surface area contributed by atoms with Crippen LogP contribution in [-0.4, -0.2) is 17.2 Å². The second-order valence-electron chi connectivity index (χ2n) is 6.85. The summed E-state index contributed by atoms with van der Waals surface area (Å²) < 4.78 is 9.42. The predicted molar refractivity (Wildman–Crippen MR) is 106 cm³/mol. The van der Waals surface area contributed by atoms with E-state index in [4.69, 9.17) is 9.94 Å². The van der Waals surface area contributed by atoms with Gasteiger partial charge in [0.1, 0.15) is 6.21 Å². The van der Waals surface area contributed by atoms with Gasteiger partial charge >= 0.3 is 0 Å².